The van der Waals surface area contributed by atoms with Gasteiger partial charge in [-0.15, -0.1) is 0 Å². The van der Waals surface area contributed by atoms with Crippen molar-refractivity contribution in [2.45, 2.75) is 0 Å². The molecule has 0 radical (unpaired) electrons. The number of para-hydroxylation sites is 3. The van der Waals surface area contributed by atoms with E-state index in [9.17, 15) is 0 Å². The lowest BCUT2D eigenvalue weighted by atomic mass is 9.97. The Morgan fingerprint density at radius 2 is 1.06 bits per heavy atom. The molecule has 0 aliphatic heterocycles. The summed E-state index contributed by atoms with van der Waals surface area (Å²) >= 11 is 0. The minimum Gasteiger partial charge on any atom is -0.454 e. The molecule has 0 spiro atoms. The Bertz CT molecular complexity index is 3170. The summed E-state index contributed by atoms with van der Waals surface area (Å²) < 4.78 is 9.44. The summed E-state index contributed by atoms with van der Waals surface area (Å²) in [4.78, 5) is 2.41. The second kappa shape index (κ2) is 11.7. The van der Waals surface area contributed by atoms with Crippen LogP contribution in [0.25, 0.3) is 82.1 Å². The molecule has 0 aliphatic carbocycles. The van der Waals surface area contributed by atoms with Crippen LogP contribution in [0.2, 0.25) is 0 Å². The van der Waals surface area contributed by atoms with E-state index < -0.39 is 0 Å². The van der Waals surface area contributed by atoms with Crippen LogP contribution in [0.5, 0.6) is 0 Å². The van der Waals surface area contributed by atoms with Gasteiger partial charge in [-0.05, 0) is 75.6 Å². The van der Waals surface area contributed by atoms with E-state index in [0.29, 0.717) is 0 Å². The molecule has 0 amide bonds. The van der Waals surface area contributed by atoms with Crippen LogP contribution in [0.15, 0.2) is 199 Å². The molecule has 0 saturated carbocycles. The van der Waals surface area contributed by atoms with E-state index in [0.717, 1.165) is 66.7 Å². The third-order valence-electron chi connectivity index (χ3n) is 10.7. The van der Waals surface area contributed by atoms with Crippen molar-refractivity contribution in [1.82, 2.24) is 4.57 Å². The minimum atomic E-state index is 0.863. The SMILES string of the molecule is c1ccc(-c2ccccc2N(c2ccc3c4ccccc4n(-c4ccccc4)c3c2)c2cc3ccccc3c3c2oc2ccc4ccccc4c23)cc1. The number of nitrogens with zero attached hydrogens (tertiary/aromatic N) is 2. The van der Waals surface area contributed by atoms with Crippen LogP contribution in [0.1, 0.15) is 0 Å². The van der Waals surface area contributed by atoms with Gasteiger partial charge in [0.2, 0.25) is 0 Å². The molecular formula is C50H32N2O. The molecule has 53 heavy (non-hydrogen) atoms. The second-order valence-electron chi connectivity index (χ2n) is 13.7. The van der Waals surface area contributed by atoms with Crippen molar-refractivity contribution in [2.24, 2.45) is 0 Å². The fraction of sp³-hybridized carbons (Fsp3) is 0. The Morgan fingerprint density at radius 3 is 1.89 bits per heavy atom. The Labute approximate surface area is 306 Å². The van der Waals surface area contributed by atoms with Crippen LogP contribution in [0, 0.1) is 0 Å². The number of fused-ring (bicyclic) bond motifs is 10. The highest BCUT2D eigenvalue weighted by molar-refractivity contribution is 6.29. The fourth-order valence-electron chi connectivity index (χ4n) is 8.43. The first-order chi connectivity index (χ1) is 26.3. The zero-order valence-electron chi connectivity index (χ0n) is 28.8. The lowest BCUT2D eigenvalue weighted by Gasteiger charge is -2.28. The molecule has 2 aromatic heterocycles. The normalized spacial score (nSPS) is 11.8. The standard InChI is InChI=1S/C50H32N2O/c1-3-15-33(16-4-1)38-21-11-13-25-43(38)52(37-28-29-42-41-24-12-14-26-44(41)51(45(42)32-37)36-19-5-2-6-20-36)46-31-35-18-8-10-23-40(35)49-48-39-22-9-7-17-34(39)27-30-47(48)53-50(46)49/h1-32H. The largest absolute Gasteiger partial charge is 0.454 e. The van der Waals surface area contributed by atoms with E-state index in [1.807, 2.05) is 0 Å². The quantitative estimate of drug-likeness (QED) is 0.181. The lowest BCUT2D eigenvalue weighted by molar-refractivity contribution is 0.669. The minimum absolute atomic E-state index is 0.863. The zero-order chi connectivity index (χ0) is 34.9. The van der Waals surface area contributed by atoms with Crippen LogP contribution in [0.3, 0.4) is 0 Å². The van der Waals surface area contributed by atoms with Gasteiger partial charge in [-0.3, -0.25) is 0 Å². The molecule has 0 aliphatic rings. The summed E-state index contributed by atoms with van der Waals surface area (Å²) in [6, 6.07) is 69.6. The van der Waals surface area contributed by atoms with Crippen LogP contribution in [-0.2, 0) is 0 Å². The summed E-state index contributed by atoms with van der Waals surface area (Å²) in [5.74, 6) is 0. The van der Waals surface area contributed by atoms with Gasteiger partial charge in [0.05, 0.1) is 22.4 Å². The van der Waals surface area contributed by atoms with Crippen molar-refractivity contribution in [3.63, 3.8) is 0 Å². The zero-order valence-corrected chi connectivity index (χ0v) is 28.8. The average molecular weight is 677 g/mol. The average Bonchev–Trinajstić information content (AvgIpc) is 3.79. The summed E-state index contributed by atoms with van der Waals surface area (Å²) in [7, 11) is 0. The summed E-state index contributed by atoms with van der Waals surface area (Å²) in [6.07, 6.45) is 0. The van der Waals surface area contributed by atoms with E-state index in [2.05, 4.69) is 204 Å². The maximum Gasteiger partial charge on any atom is 0.160 e. The molecule has 0 saturated heterocycles. The third-order valence-corrected chi connectivity index (χ3v) is 10.7. The van der Waals surface area contributed by atoms with Gasteiger partial charge in [-0.25, -0.2) is 0 Å². The van der Waals surface area contributed by atoms with E-state index in [-0.39, 0.29) is 0 Å². The Hall–Kier alpha value is -7.10. The van der Waals surface area contributed by atoms with Crippen molar-refractivity contribution in [3.05, 3.63) is 194 Å². The van der Waals surface area contributed by atoms with Crippen LogP contribution < -0.4 is 4.90 Å². The predicted molar refractivity (Wildman–Crippen MR) is 223 cm³/mol. The lowest BCUT2D eigenvalue weighted by Crippen LogP contribution is -2.12. The van der Waals surface area contributed by atoms with E-state index >= 15 is 0 Å². The topological polar surface area (TPSA) is 21.3 Å². The molecule has 0 bridgehead atoms. The maximum atomic E-state index is 7.05. The van der Waals surface area contributed by atoms with Crippen molar-refractivity contribution in [2.75, 3.05) is 4.90 Å². The first kappa shape index (κ1) is 29.6. The van der Waals surface area contributed by atoms with Gasteiger partial charge >= 0.3 is 0 Å². The van der Waals surface area contributed by atoms with Crippen molar-refractivity contribution >= 4 is 82.4 Å². The smallest absolute Gasteiger partial charge is 0.160 e. The molecular weight excluding hydrogens is 645 g/mol. The highest BCUT2D eigenvalue weighted by atomic mass is 16.3. The van der Waals surface area contributed by atoms with Gasteiger partial charge in [-0.1, -0.05) is 146 Å². The molecule has 9 aromatic carbocycles. The maximum absolute atomic E-state index is 7.05. The molecule has 0 fully saturated rings. The third kappa shape index (κ3) is 4.54. The molecule has 0 N–H and O–H groups in total. The number of aromatic nitrogens is 1. The van der Waals surface area contributed by atoms with Crippen molar-refractivity contribution < 1.29 is 4.42 Å². The van der Waals surface area contributed by atoms with Crippen LogP contribution >= 0.6 is 0 Å². The Kier molecular flexibility index (Phi) is 6.55. The van der Waals surface area contributed by atoms with Gasteiger partial charge in [-0.2, -0.15) is 0 Å². The highest BCUT2D eigenvalue weighted by Gasteiger charge is 2.25. The van der Waals surface area contributed by atoms with Crippen LogP contribution in [-0.4, -0.2) is 4.57 Å². The molecule has 2 heterocycles. The predicted octanol–water partition coefficient (Wildman–Crippen LogP) is 14.1. The molecule has 11 rings (SSSR count). The first-order valence-corrected chi connectivity index (χ1v) is 18.1. The number of anilines is 3. The van der Waals surface area contributed by atoms with Crippen molar-refractivity contribution in [1.29, 1.82) is 0 Å². The van der Waals surface area contributed by atoms with Gasteiger partial charge in [0.15, 0.2) is 5.58 Å². The van der Waals surface area contributed by atoms with E-state index in [1.165, 1.54) is 32.4 Å². The molecule has 11 aromatic rings. The van der Waals surface area contributed by atoms with Gasteiger partial charge in [0.25, 0.3) is 0 Å². The number of furan rings is 1. The molecule has 3 nitrogen and oxygen atoms in total. The van der Waals surface area contributed by atoms with Gasteiger partial charge in [0.1, 0.15) is 5.58 Å². The van der Waals surface area contributed by atoms with Gasteiger partial charge < -0.3 is 13.9 Å². The summed E-state index contributed by atoms with van der Waals surface area (Å²) in [5.41, 5.74) is 10.6. The Morgan fingerprint density at radius 1 is 0.415 bits per heavy atom. The van der Waals surface area contributed by atoms with E-state index in [1.54, 1.807) is 0 Å². The molecule has 248 valence electrons. The molecule has 3 heteroatoms. The second-order valence-corrected chi connectivity index (χ2v) is 13.7. The molecule has 0 unspecified atom stereocenters. The Balaban J connectivity index is 1.29. The number of hydrogen-bond acceptors (Lipinski definition) is 2. The highest BCUT2D eigenvalue weighted by Crippen LogP contribution is 2.49. The molecule has 0 atom stereocenters. The number of rotatable bonds is 5. The van der Waals surface area contributed by atoms with Gasteiger partial charge in [0, 0.05) is 38.5 Å². The van der Waals surface area contributed by atoms with Crippen molar-refractivity contribution in [3.8, 4) is 16.8 Å². The fourth-order valence-corrected chi connectivity index (χ4v) is 8.43. The summed E-state index contributed by atoms with van der Waals surface area (Å²) in [5, 5.41) is 9.44. The monoisotopic (exact) mass is 676 g/mol. The first-order valence-electron chi connectivity index (χ1n) is 18.1. The number of hydrogen-bond donors (Lipinski definition) is 0. The van der Waals surface area contributed by atoms with E-state index in [4.69, 9.17) is 4.42 Å². The summed E-state index contributed by atoms with van der Waals surface area (Å²) in [6.45, 7) is 0. The number of benzene rings is 9. The van der Waals surface area contributed by atoms with Crippen LogP contribution in [0.4, 0.5) is 17.1 Å².